The summed E-state index contributed by atoms with van der Waals surface area (Å²) >= 11 is 5.91. The Labute approximate surface area is 171 Å². The molecule has 1 atom stereocenters. The Bertz CT molecular complexity index is 1140. The zero-order chi connectivity index (χ0) is 20.1. The van der Waals surface area contributed by atoms with E-state index in [0.29, 0.717) is 22.6 Å². The third kappa shape index (κ3) is 3.03. The maximum atomic E-state index is 13.1. The van der Waals surface area contributed by atoms with Gasteiger partial charge in [-0.3, -0.25) is 14.9 Å². The van der Waals surface area contributed by atoms with Gasteiger partial charge >= 0.3 is 0 Å². The Kier molecular flexibility index (Phi) is 4.06. The molecule has 2 aromatic carbocycles. The summed E-state index contributed by atoms with van der Waals surface area (Å²) in [5, 5.41) is 15.1. The first kappa shape index (κ1) is 17.8. The van der Waals surface area contributed by atoms with Crippen LogP contribution in [-0.2, 0) is 0 Å². The number of para-hydroxylation sites is 1. The first-order valence-electron chi connectivity index (χ1n) is 9.25. The number of hydrogen-bond acceptors (Lipinski definition) is 5. The van der Waals surface area contributed by atoms with Gasteiger partial charge in [-0.15, -0.1) is 0 Å². The van der Waals surface area contributed by atoms with Crippen molar-refractivity contribution in [3.63, 3.8) is 0 Å². The summed E-state index contributed by atoms with van der Waals surface area (Å²) in [6, 6.07) is 15.4. The molecule has 2 heterocycles. The highest BCUT2D eigenvalue weighted by Gasteiger charge is 2.43. The summed E-state index contributed by atoms with van der Waals surface area (Å²) in [6.07, 6.45) is 1.43. The zero-order valence-electron chi connectivity index (χ0n) is 15.2. The van der Waals surface area contributed by atoms with Crippen LogP contribution >= 0.6 is 11.6 Å². The fourth-order valence-corrected chi connectivity index (χ4v) is 3.88. The standard InChI is InChI=1S/C21H16ClN3O4/c22-12-5-8-15(17(11-12)25(27)28)18-9-10-19(29-18)20-23-16-4-2-1-3-14(16)21(26)24(20)13-6-7-13/h1-5,8-11,13,20,23H,6-7H2/t20-/m1/s1. The topological polar surface area (TPSA) is 88.6 Å². The highest BCUT2D eigenvalue weighted by Crippen LogP contribution is 2.42. The predicted molar refractivity (Wildman–Crippen MR) is 108 cm³/mol. The molecule has 0 unspecified atom stereocenters. The number of amides is 1. The van der Waals surface area contributed by atoms with Crippen LogP contribution < -0.4 is 5.32 Å². The highest BCUT2D eigenvalue weighted by atomic mass is 35.5. The number of rotatable bonds is 4. The van der Waals surface area contributed by atoms with E-state index in [4.69, 9.17) is 16.0 Å². The van der Waals surface area contributed by atoms with Gasteiger partial charge in [0.25, 0.3) is 11.6 Å². The normalized spacial score (nSPS) is 18.3. The summed E-state index contributed by atoms with van der Waals surface area (Å²) in [7, 11) is 0. The molecule has 1 saturated carbocycles. The van der Waals surface area contributed by atoms with Gasteiger partial charge in [-0.2, -0.15) is 0 Å². The second-order valence-corrected chi connectivity index (χ2v) is 7.59. The lowest BCUT2D eigenvalue weighted by Crippen LogP contribution is -2.44. The van der Waals surface area contributed by atoms with Crippen LogP contribution in [0.4, 0.5) is 11.4 Å². The molecule has 1 amide bonds. The summed E-state index contributed by atoms with van der Waals surface area (Å²) in [6.45, 7) is 0. The minimum atomic E-state index is -0.488. The van der Waals surface area contributed by atoms with Crippen LogP contribution in [-0.4, -0.2) is 21.8 Å². The number of carbonyl (C=O) groups is 1. The monoisotopic (exact) mass is 409 g/mol. The smallest absolute Gasteiger partial charge is 0.281 e. The highest BCUT2D eigenvalue weighted by molar-refractivity contribution is 6.30. The van der Waals surface area contributed by atoms with Crippen molar-refractivity contribution in [3.05, 3.63) is 81.1 Å². The van der Waals surface area contributed by atoms with Crippen LogP contribution in [0.5, 0.6) is 0 Å². The molecule has 0 saturated heterocycles. The average Bonchev–Trinajstić information content (AvgIpc) is 3.43. The number of halogens is 1. The van der Waals surface area contributed by atoms with Gasteiger partial charge < -0.3 is 14.6 Å². The molecule has 146 valence electrons. The summed E-state index contributed by atoms with van der Waals surface area (Å²) in [5.41, 5.74) is 1.59. The van der Waals surface area contributed by atoms with Gasteiger partial charge in [0.1, 0.15) is 11.5 Å². The molecular formula is C21H16ClN3O4. The van der Waals surface area contributed by atoms with Crippen LogP contribution in [0.2, 0.25) is 5.02 Å². The van der Waals surface area contributed by atoms with Crippen LogP contribution in [0.15, 0.2) is 59.0 Å². The fraction of sp³-hybridized carbons (Fsp3) is 0.190. The van der Waals surface area contributed by atoms with Crippen molar-refractivity contribution in [1.29, 1.82) is 0 Å². The molecule has 0 spiro atoms. The van der Waals surface area contributed by atoms with Crippen molar-refractivity contribution in [2.45, 2.75) is 25.0 Å². The van der Waals surface area contributed by atoms with E-state index in [1.165, 1.54) is 6.07 Å². The molecule has 5 rings (SSSR count). The largest absolute Gasteiger partial charge is 0.457 e. The molecule has 0 radical (unpaired) electrons. The number of benzene rings is 2. The van der Waals surface area contributed by atoms with E-state index < -0.39 is 11.1 Å². The van der Waals surface area contributed by atoms with Crippen LogP contribution in [0.25, 0.3) is 11.3 Å². The molecule has 3 aromatic rings. The number of furan rings is 1. The number of carbonyl (C=O) groups excluding carboxylic acids is 1. The van der Waals surface area contributed by atoms with Crippen molar-refractivity contribution in [2.24, 2.45) is 0 Å². The van der Waals surface area contributed by atoms with Crippen LogP contribution in [0.3, 0.4) is 0 Å². The average molecular weight is 410 g/mol. The lowest BCUT2D eigenvalue weighted by Gasteiger charge is -2.37. The molecule has 1 fully saturated rings. The van der Waals surface area contributed by atoms with E-state index in [1.807, 2.05) is 18.2 Å². The van der Waals surface area contributed by atoms with Gasteiger partial charge in [0.15, 0.2) is 6.17 Å². The molecule has 1 N–H and O–H groups in total. The molecule has 1 aliphatic heterocycles. The number of nitro benzene ring substituents is 1. The van der Waals surface area contributed by atoms with E-state index in [2.05, 4.69) is 5.32 Å². The van der Waals surface area contributed by atoms with Crippen molar-refractivity contribution in [2.75, 3.05) is 5.32 Å². The van der Waals surface area contributed by atoms with Crippen molar-refractivity contribution < 1.29 is 14.1 Å². The molecule has 2 aliphatic rings. The lowest BCUT2D eigenvalue weighted by molar-refractivity contribution is -0.384. The van der Waals surface area contributed by atoms with Gasteiger partial charge in [-0.25, -0.2) is 0 Å². The quantitative estimate of drug-likeness (QED) is 0.470. The Morgan fingerprint density at radius 3 is 2.66 bits per heavy atom. The predicted octanol–water partition coefficient (Wildman–Crippen LogP) is 5.24. The molecule has 1 aromatic heterocycles. The lowest BCUT2D eigenvalue weighted by atomic mass is 10.1. The molecule has 1 aliphatic carbocycles. The van der Waals surface area contributed by atoms with Gasteiger partial charge in [-0.1, -0.05) is 23.7 Å². The van der Waals surface area contributed by atoms with Gasteiger partial charge in [0, 0.05) is 22.8 Å². The van der Waals surface area contributed by atoms with Crippen molar-refractivity contribution in [3.8, 4) is 11.3 Å². The van der Waals surface area contributed by atoms with Gasteiger partial charge in [0.2, 0.25) is 0 Å². The molecule has 8 heteroatoms. The SMILES string of the molecule is O=C1c2ccccc2N[C@@H](c2ccc(-c3ccc(Cl)cc3[N+](=O)[O-])o2)N1C1CC1. The minimum absolute atomic E-state index is 0.0396. The molecular weight excluding hydrogens is 394 g/mol. The van der Waals surface area contributed by atoms with Gasteiger partial charge in [0.05, 0.1) is 16.1 Å². The number of anilines is 1. The number of nitro groups is 1. The first-order valence-corrected chi connectivity index (χ1v) is 9.63. The molecule has 29 heavy (non-hydrogen) atoms. The third-order valence-corrected chi connectivity index (χ3v) is 5.46. The molecule has 0 bridgehead atoms. The van der Waals surface area contributed by atoms with Crippen molar-refractivity contribution >= 4 is 28.9 Å². The number of fused-ring (bicyclic) bond motifs is 1. The summed E-state index contributed by atoms with van der Waals surface area (Å²) < 4.78 is 6.01. The maximum Gasteiger partial charge on any atom is 0.281 e. The number of nitrogens with one attached hydrogen (secondary N) is 1. The molecule has 7 nitrogen and oxygen atoms in total. The van der Waals surface area contributed by atoms with E-state index in [0.717, 1.165) is 18.5 Å². The van der Waals surface area contributed by atoms with Gasteiger partial charge in [-0.05, 0) is 49.2 Å². The van der Waals surface area contributed by atoms with E-state index in [9.17, 15) is 14.9 Å². The van der Waals surface area contributed by atoms with Crippen LogP contribution in [0, 0.1) is 10.1 Å². The minimum Gasteiger partial charge on any atom is -0.457 e. The Hall–Kier alpha value is -3.32. The Morgan fingerprint density at radius 1 is 1.10 bits per heavy atom. The van der Waals surface area contributed by atoms with E-state index in [-0.39, 0.29) is 22.7 Å². The second kappa shape index (κ2) is 6.63. The van der Waals surface area contributed by atoms with Crippen molar-refractivity contribution in [1.82, 2.24) is 4.90 Å². The van der Waals surface area contributed by atoms with E-state index >= 15 is 0 Å². The van der Waals surface area contributed by atoms with E-state index in [1.54, 1.807) is 35.2 Å². The Morgan fingerprint density at radius 2 is 1.90 bits per heavy atom. The number of nitrogens with zero attached hydrogens (tertiary/aromatic N) is 2. The fourth-order valence-electron chi connectivity index (χ4n) is 3.71. The maximum absolute atomic E-state index is 13.1. The third-order valence-electron chi connectivity index (χ3n) is 5.22. The Balaban J connectivity index is 1.55. The number of hydrogen-bond donors (Lipinski definition) is 1. The second-order valence-electron chi connectivity index (χ2n) is 7.16. The summed E-state index contributed by atoms with van der Waals surface area (Å²) in [5.74, 6) is 0.841. The summed E-state index contributed by atoms with van der Waals surface area (Å²) in [4.78, 5) is 25.8. The zero-order valence-corrected chi connectivity index (χ0v) is 15.9. The first-order chi connectivity index (χ1) is 14.0. The van der Waals surface area contributed by atoms with Crippen LogP contribution in [0.1, 0.15) is 35.1 Å².